The number of ether oxygens (including phenoxy) is 1. The Balaban J connectivity index is 1.92. The first kappa shape index (κ1) is 13.4. The minimum Gasteiger partial charge on any atom is -0.493 e. The molecule has 18 heavy (non-hydrogen) atoms. The van der Waals surface area contributed by atoms with Gasteiger partial charge in [-0.15, -0.1) is 0 Å². The maximum absolute atomic E-state index is 9.09. The average Bonchev–Trinajstić information content (AvgIpc) is 2.38. The highest BCUT2D eigenvalue weighted by Crippen LogP contribution is 2.25. The Labute approximate surface area is 109 Å². The summed E-state index contributed by atoms with van der Waals surface area (Å²) in [6.07, 6.45) is 6.54. The first-order valence-corrected chi connectivity index (χ1v) is 6.76. The lowest BCUT2D eigenvalue weighted by Crippen LogP contribution is -2.29. The van der Waals surface area contributed by atoms with Gasteiger partial charge in [-0.05, 0) is 42.8 Å². The molecule has 0 spiro atoms. The lowest BCUT2D eigenvalue weighted by atomic mass is 9.79. The molecule has 0 radical (unpaired) electrons. The Bertz CT molecular complexity index is 387. The van der Waals surface area contributed by atoms with Crippen LogP contribution in [-0.4, -0.2) is 23.8 Å². The monoisotopic (exact) mass is 248 g/mol. The van der Waals surface area contributed by atoms with Gasteiger partial charge in [0.25, 0.3) is 0 Å². The van der Waals surface area contributed by atoms with Crippen molar-refractivity contribution in [3.05, 3.63) is 23.8 Å². The van der Waals surface area contributed by atoms with E-state index in [1.165, 1.54) is 32.1 Å². The van der Waals surface area contributed by atoms with Crippen LogP contribution in [0, 0.1) is 12.8 Å². The summed E-state index contributed by atoms with van der Waals surface area (Å²) in [5.74, 6) is 1.53. The SMILES string of the molecule is Cc1cc(B(O)O)ccc1OCC1CCCCC1. The van der Waals surface area contributed by atoms with Crippen LogP contribution < -0.4 is 10.2 Å². The molecule has 1 aliphatic carbocycles. The van der Waals surface area contributed by atoms with Crippen molar-refractivity contribution in [1.29, 1.82) is 0 Å². The van der Waals surface area contributed by atoms with Gasteiger partial charge in [0.1, 0.15) is 5.75 Å². The maximum atomic E-state index is 9.09. The molecule has 2 rings (SSSR count). The number of hydrogen-bond acceptors (Lipinski definition) is 3. The molecule has 0 heterocycles. The van der Waals surface area contributed by atoms with Gasteiger partial charge in [0, 0.05) is 0 Å². The fraction of sp³-hybridized carbons (Fsp3) is 0.571. The second-order valence-electron chi connectivity index (χ2n) is 5.21. The van der Waals surface area contributed by atoms with Gasteiger partial charge in [0.05, 0.1) is 6.61 Å². The summed E-state index contributed by atoms with van der Waals surface area (Å²) in [6, 6.07) is 5.29. The van der Waals surface area contributed by atoms with Crippen LogP contribution in [0.15, 0.2) is 18.2 Å². The normalized spacial score (nSPS) is 16.6. The fourth-order valence-electron chi connectivity index (χ4n) is 2.56. The fourth-order valence-corrected chi connectivity index (χ4v) is 2.56. The van der Waals surface area contributed by atoms with E-state index in [1.807, 2.05) is 13.0 Å². The van der Waals surface area contributed by atoms with E-state index >= 15 is 0 Å². The molecule has 0 aliphatic heterocycles. The van der Waals surface area contributed by atoms with E-state index in [0.717, 1.165) is 17.9 Å². The molecule has 3 nitrogen and oxygen atoms in total. The number of hydrogen-bond donors (Lipinski definition) is 2. The van der Waals surface area contributed by atoms with Crippen LogP contribution in [0.4, 0.5) is 0 Å². The molecule has 1 aromatic rings. The first-order valence-electron chi connectivity index (χ1n) is 6.76. The van der Waals surface area contributed by atoms with Crippen LogP contribution >= 0.6 is 0 Å². The zero-order valence-electron chi connectivity index (χ0n) is 10.9. The molecule has 1 aliphatic rings. The van der Waals surface area contributed by atoms with E-state index in [9.17, 15) is 0 Å². The van der Waals surface area contributed by atoms with Gasteiger partial charge in [-0.2, -0.15) is 0 Å². The van der Waals surface area contributed by atoms with Crippen molar-refractivity contribution in [1.82, 2.24) is 0 Å². The number of aryl methyl sites for hydroxylation is 1. The summed E-state index contributed by atoms with van der Waals surface area (Å²) < 4.78 is 5.85. The quantitative estimate of drug-likeness (QED) is 0.796. The standard InChI is InChI=1S/C14H21BO3/c1-11-9-13(15(16)17)7-8-14(11)18-10-12-5-3-2-4-6-12/h7-9,12,16-17H,2-6,10H2,1H3. The Morgan fingerprint density at radius 3 is 2.56 bits per heavy atom. The van der Waals surface area contributed by atoms with Gasteiger partial charge >= 0.3 is 7.12 Å². The molecular weight excluding hydrogens is 227 g/mol. The number of benzene rings is 1. The molecule has 1 fully saturated rings. The lowest BCUT2D eigenvalue weighted by Gasteiger charge is -2.22. The largest absolute Gasteiger partial charge is 0.493 e. The second-order valence-corrected chi connectivity index (χ2v) is 5.21. The molecule has 4 heteroatoms. The Kier molecular flexibility index (Phi) is 4.67. The molecule has 1 saturated carbocycles. The third kappa shape index (κ3) is 3.50. The molecule has 2 N–H and O–H groups in total. The van der Waals surface area contributed by atoms with Crippen LogP contribution in [0.2, 0.25) is 0 Å². The topological polar surface area (TPSA) is 49.7 Å². The summed E-state index contributed by atoms with van der Waals surface area (Å²) in [7, 11) is -1.41. The van der Waals surface area contributed by atoms with Crippen molar-refractivity contribution in [2.24, 2.45) is 5.92 Å². The number of rotatable bonds is 4. The van der Waals surface area contributed by atoms with Gasteiger partial charge in [0.15, 0.2) is 0 Å². The average molecular weight is 248 g/mol. The third-order valence-electron chi connectivity index (χ3n) is 3.70. The zero-order chi connectivity index (χ0) is 13.0. The molecule has 0 unspecified atom stereocenters. The summed E-state index contributed by atoms with van der Waals surface area (Å²) in [6.45, 7) is 2.71. The van der Waals surface area contributed by atoms with Crippen molar-refractivity contribution in [3.8, 4) is 5.75 Å². The Hall–Kier alpha value is -0.995. The highest BCUT2D eigenvalue weighted by atomic mass is 16.5. The molecule has 98 valence electrons. The molecule has 0 saturated heterocycles. The van der Waals surface area contributed by atoms with Gasteiger partial charge < -0.3 is 14.8 Å². The van der Waals surface area contributed by atoms with Crippen molar-refractivity contribution in [2.45, 2.75) is 39.0 Å². The minimum atomic E-state index is -1.41. The molecule has 0 bridgehead atoms. The van der Waals surface area contributed by atoms with E-state index in [4.69, 9.17) is 14.8 Å². The van der Waals surface area contributed by atoms with Crippen LogP contribution in [0.3, 0.4) is 0 Å². The third-order valence-corrected chi connectivity index (χ3v) is 3.70. The summed E-state index contributed by atoms with van der Waals surface area (Å²) in [5, 5.41) is 18.2. The van der Waals surface area contributed by atoms with Crippen LogP contribution in [0.5, 0.6) is 5.75 Å². The highest BCUT2D eigenvalue weighted by molar-refractivity contribution is 6.58. The molecule has 0 aromatic heterocycles. The van der Waals surface area contributed by atoms with Crippen molar-refractivity contribution in [2.75, 3.05) is 6.61 Å². The maximum Gasteiger partial charge on any atom is 0.488 e. The van der Waals surface area contributed by atoms with E-state index < -0.39 is 7.12 Å². The van der Waals surface area contributed by atoms with Gasteiger partial charge in [-0.25, -0.2) is 0 Å². The van der Waals surface area contributed by atoms with Crippen LogP contribution in [-0.2, 0) is 0 Å². The molecule has 0 atom stereocenters. The van der Waals surface area contributed by atoms with Gasteiger partial charge in [0.2, 0.25) is 0 Å². The lowest BCUT2D eigenvalue weighted by molar-refractivity contribution is 0.208. The van der Waals surface area contributed by atoms with Crippen LogP contribution in [0.1, 0.15) is 37.7 Å². The molecular formula is C14H21BO3. The highest BCUT2D eigenvalue weighted by Gasteiger charge is 2.15. The van der Waals surface area contributed by atoms with E-state index in [1.54, 1.807) is 12.1 Å². The van der Waals surface area contributed by atoms with E-state index in [-0.39, 0.29) is 0 Å². The summed E-state index contributed by atoms with van der Waals surface area (Å²) in [5.41, 5.74) is 1.47. The Morgan fingerprint density at radius 1 is 1.22 bits per heavy atom. The predicted molar refractivity (Wildman–Crippen MR) is 73.1 cm³/mol. The van der Waals surface area contributed by atoms with Crippen molar-refractivity contribution >= 4 is 12.6 Å². The van der Waals surface area contributed by atoms with E-state index in [2.05, 4.69) is 0 Å². The smallest absolute Gasteiger partial charge is 0.488 e. The summed E-state index contributed by atoms with van der Waals surface area (Å²) >= 11 is 0. The van der Waals surface area contributed by atoms with Gasteiger partial charge in [-0.3, -0.25) is 0 Å². The molecule has 1 aromatic carbocycles. The van der Waals surface area contributed by atoms with Crippen molar-refractivity contribution in [3.63, 3.8) is 0 Å². The van der Waals surface area contributed by atoms with E-state index in [0.29, 0.717) is 11.4 Å². The summed E-state index contributed by atoms with van der Waals surface area (Å²) in [4.78, 5) is 0. The zero-order valence-corrected chi connectivity index (χ0v) is 10.9. The first-order chi connectivity index (χ1) is 8.66. The molecule has 0 amide bonds. The van der Waals surface area contributed by atoms with Crippen molar-refractivity contribution < 1.29 is 14.8 Å². The van der Waals surface area contributed by atoms with Crippen LogP contribution in [0.25, 0.3) is 0 Å². The minimum absolute atomic E-state index is 0.512. The predicted octanol–water partition coefficient (Wildman–Crippen LogP) is 1.63. The Morgan fingerprint density at radius 2 is 1.94 bits per heavy atom. The van der Waals surface area contributed by atoms with Gasteiger partial charge in [-0.1, -0.05) is 31.4 Å². The second kappa shape index (κ2) is 6.25.